The quantitative estimate of drug-likeness (QED) is 0.425. The van der Waals surface area contributed by atoms with Gasteiger partial charge in [-0.2, -0.15) is 0 Å². The van der Waals surface area contributed by atoms with E-state index in [9.17, 15) is 0 Å². The van der Waals surface area contributed by atoms with Crippen LogP contribution in [0.2, 0.25) is 6.32 Å². The standard InChI is InChI=1S/C8H11B.C2H6/c1-3-5-6-8(4-2)7-9;1-2/h3-6H,2,7H2,1H3;1-2H3/b5-3-,8-6+;. The fourth-order valence-electron chi connectivity index (χ4n) is 0.439. The maximum atomic E-state index is 5.35. The summed E-state index contributed by atoms with van der Waals surface area (Å²) in [5.41, 5.74) is 1.06. The Morgan fingerprint density at radius 2 is 2.00 bits per heavy atom. The first-order valence-corrected chi connectivity index (χ1v) is 3.99. The summed E-state index contributed by atoms with van der Waals surface area (Å²) in [4.78, 5) is 0. The van der Waals surface area contributed by atoms with Crippen molar-refractivity contribution in [3.63, 3.8) is 0 Å². The lowest BCUT2D eigenvalue weighted by atomic mass is 9.96. The van der Waals surface area contributed by atoms with E-state index < -0.39 is 0 Å². The topological polar surface area (TPSA) is 0 Å². The highest BCUT2D eigenvalue weighted by molar-refractivity contribution is 6.10. The third-order valence-electron chi connectivity index (χ3n) is 1.00. The van der Waals surface area contributed by atoms with Gasteiger partial charge in [-0.25, -0.2) is 0 Å². The smallest absolute Gasteiger partial charge is 0.0716 e. The molecule has 0 saturated carbocycles. The Labute approximate surface area is 72.1 Å². The van der Waals surface area contributed by atoms with E-state index in [1.165, 1.54) is 0 Å². The van der Waals surface area contributed by atoms with Crippen LogP contribution in [0.5, 0.6) is 0 Å². The van der Waals surface area contributed by atoms with Crippen LogP contribution in [0, 0.1) is 0 Å². The van der Waals surface area contributed by atoms with E-state index >= 15 is 0 Å². The lowest BCUT2D eigenvalue weighted by Crippen LogP contribution is -1.72. The minimum atomic E-state index is 0.563. The van der Waals surface area contributed by atoms with Gasteiger partial charge in [0.15, 0.2) is 0 Å². The summed E-state index contributed by atoms with van der Waals surface area (Å²) >= 11 is 0. The van der Waals surface area contributed by atoms with E-state index in [0.717, 1.165) is 5.57 Å². The third-order valence-corrected chi connectivity index (χ3v) is 1.00. The van der Waals surface area contributed by atoms with Gasteiger partial charge in [0.25, 0.3) is 0 Å². The summed E-state index contributed by atoms with van der Waals surface area (Å²) in [6.07, 6.45) is 8.18. The molecule has 0 rings (SSSR count). The Hall–Kier alpha value is -0.715. The largest absolute Gasteiger partial charge is 0.0988 e. The van der Waals surface area contributed by atoms with Crippen molar-refractivity contribution in [2.45, 2.75) is 27.1 Å². The molecular weight excluding hydrogens is 131 g/mol. The minimum Gasteiger partial charge on any atom is -0.0988 e. The van der Waals surface area contributed by atoms with Crippen molar-refractivity contribution in [3.8, 4) is 0 Å². The predicted octanol–water partition coefficient (Wildman–Crippen LogP) is 3.29. The van der Waals surface area contributed by atoms with E-state index in [1.807, 2.05) is 39.0 Å². The summed E-state index contributed by atoms with van der Waals surface area (Å²) in [5, 5.41) is 0. The van der Waals surface area contributed by atoms with E-state index in [2.05, 4.69) is 6.58 Å². The molecule has 0 fully saturated rings. The highest BCUT2D eigenvalue weighted by atomic mass is 13.8. The molecule has 0 aromatic carbocycles. The maximum Gasteiger partial charge on any atom is 0.0716 e. The fourth-order valence-corrected chi connectivity index (χ4v) is 0.439. The Morgan fingerprint density at radius 1 is 1.45 bits per heavy atom. The van der Waals surface area contributed by atoms with Crippen molar-refractivity contribution < 1.29 is 0 Å². The van der Waals surface area contributed by atoms with Crippen LogP contribution in [-0.2, 0) is 0 Å². The second kappa shape index (κ2) is 12.0. The second-order valence-corrected chi connectivity index (χ2v) is 1.68. The van der Waals surface area contributed by atoms with Gasteiger partial charge in [0.2, 0.25) is 0 Å². The Morgan fingerprint density at radius 3 is 2.27 bits per heavy atom. The molecular formula is C10H17B. The summed E-state index contributed by atoms with van der Waals surface area (Å²) in [6.45, 7) is 9.57. The van der Waals surface area contributed by atoms with Crippen LogP contribution in [0.4, 0.5) is 0 Å². The summed E-state index contributed by atoms with van der Waals surface area (Å²) < 4.78 is 0. The molecule has 2 radical (unpaired) electrons. The first kappa shape index (κ1) is 12.9. The molecule has 60 valence electrons. The zero-order chi connectivity index (χ0) is 9.11. The van der Waals surface area contributed by atoms with E-state index in [-0.39, 0.29) is 0 Å². The fraction of sp³-hybridized carbons (Fsp3) is 0.400. The lowest BCUT2D eigenvalue weighted by Gasteiger charge is -1.90. The van der Waals surface area contributed by atoms with Gasteiger partial charge in [-0.05, 0) is 6.92 Å². The lowest BCUT2D eigenvalue weighted by molar-refractivity contribution is 1.50. The van der Waals surface area contributed by atoms with Crippen LogP contribution < -0.4 is 0 Å². The average molecular weight is 148 g/mol. The SMILES string of the molecule is CC.[B]C/C(C=C)=C/C=C\C. The van der Waals surface area contributed by atoms with Crippen molar-refractivity contribution in [3.05, 3.63) is 36.5 Å². The van der Waals surface area contributed by atoms with E-state index in [4.69, 9.17) is 7.85 Å². The normalized spacial score (nSPS) is 10.6. The van der Waals surface area contributed by atoms with Crippen LogP contribution in [-0.4, -0.2) is 7.85 Å². The van der Waals surface area contributed by atoms with Gasteiger partial charge in [-0.1, -0.05) is 56.6 Å². The molecule has 0 aromatic heterocycles. The molecule has 0 saturated heterocycles. The van der Waals surface area contributed by atoms with E-state index in [1.54, 1.807) is 6.08 Å². The van der Waals surface area contributed by atoms with Crippen LogP contribution in [0.3, 0.4) is 0 Å². The Balaban J connectivity index is 0. The monoisotopic (exact) mass is 148 g/mol. The predicted molar refractivity (Wildman–Crippen MR) is 55.0 cm³/mol. The minimum absolute atomic E-state index is 0.563. The highest BCUT2D eigenvalue weighted by Gasteiger charge is 1.79. The molecule has 0 N–H and O–H groups in total. The van der Waals surface area contributed by atoms with E-state index in [0.29, 0.717) is 6.32 Å². The molecule has 0 aliphatic rings. The molecule has 0 aliphatic heterocycles. The number of rotatable bonds is 3. The van der Waals surface area contributed by atoms with Crippen LogP contribution >= 0.6 is 0 Å². The molecule has 0 unspecified atom stereocenters. The van der Waals surface area contributed by atoms with Gasteiger partial charge in [0.05, 0.1) is 7.85 Å². The van der Waals surface area contributed by atoms with Crippen LogP contribution in [0.15, 0.2) is 36.5 Å². The van der Waals surface area contributed by atoms with Gasteiger partial charge < -0.3 is 0 Å². The Bertz CT molecular complexity index is 132. The van der Waals surface area contributed by atoms with Gasteiger partial charge >= 0.3 is 0 Å². The highest BCUT2D eigenvalue weighted by Crippen LogP contribution is 1.99. The molecule has 0 aliphatic carbocycles. The van der Waals surface area contributed by atoms with Gasteiger partial charge in [0, 0.05) is 0 Å². The molecule has 0 spiro atoms. The first-order chi connectivity index (χ1) is 5.35. The van der Waals surface area contributed by atoms with Crippen molar-refractivity contribution >= 4 is 7.85 Å². The van der Waals surface area contributed by atoms with Crippen LogP contribution in [0.25, 0.3) is 0 Å². The van der Waals surface area contributed by atoms with Crippen molar-refractivity contribution in [2.75, 3.05) is 0 Å². The molecule has 0 heterocycles. The van der Waals surface area contributed by atoms with Crippen molar-refractivity contribution in [2.24, 2.45) is 0 Å². The second-order valence-electron chi connectivity index (χ2n) is 1.68. The number of hydrogen-bond acceptors (Lipinski definition) is 0. The van der Waals surface area contributed by atoms with Crippen molar-refractivity contribution in [1.29, 1.82) is 0 Å². The Kier molecular flexibility index (Phi) is 14.1. The summed E-state index contributed by atoms with van der Waals surface area (Å²) in [5.74, 6) is 0. The third kappa shape index (κ3) is 9.28. The maximum absolute atomic E-state index is 5.35. The molecule has 11 heavy (non-hydrogen) atoms. The molecule has 0 nitrogen and oxygen atoms in total. The first-order valence-electron chi connectivity index (χ1n) is 3.99. The summed E-state index contributed by atoms with van der Waals surface area (Å²) in [6, 6.07) is 0. The number of hydrogen-bond donors (Lipinski definition) is 0. The molecule has 0 bridgehead atoms. The zero-order valence-corrected chi connectivity index (χ0v) is 7.80. The molecule has 0 aromatic rings. The van der Waals surface area contributed by atoms with Crippen LogP contribution in [0.1, 0.15) is 20.8 Å². The summed E-state index contributed by atoms with van der Waals surface area (Å²) in [7, 11) is 5.35. The van der Waals surface area contributed by atoms with Gasteiger partial charge in [0.1, 0.15) is 0 Å². The average Bonchev–Trinajstić information content (AvgIpc) is 2.10. The molecule has 0 atom stereocenters. The zero-order valence-electron chi connectivity index (χ0n) is 7.80. The molecule has 1 heteroatoms. The van der Waals surface area contributed by atoms with Gasteiger partial charge in [-0.3, -0.25) is 0 Å². The van der Waals surface area contributed by atoms with Crippen molar-refractivity contribution in [1.82, 2.24) is 0 Å². The number of allylic oxidation sites excluding steroid dienone is 5. The van der Waals surface area contributed by atoms with Gasteiger partial charge in [-0.15, -0.1) is 0 Å². The molecule has 0 amide bonds.